The van der Waals surface area contributed by atoms with Crippen molar-refractivity contribution in [3.05, 3.63) is 47.7 Å². The first-order valence-electron chi connectivity index (χ1n) is 8.07. The summed E-state index contributed by atoms with van der Waals surface area (Å²) < 4.78 is 0. The lowest BCUT2D eigenvalue weighted by Gasteiger charge is -2.25. The number of hydrogen-bond acceptors (Lipinski definition) is 2. The SMILES string of the molecule is C=C(CCCC(C)(C)Cc1ccc(CC)cc1)NCCS. The molecule has 0 atom stereocenters. The number of aryl methyl sites for hydroxylation is 1. The molecule has 1 nitrogen and oxygen atoms in total. The van der Waals surface area contributed by atoms with Crippen molar-refractivity contribution in [2.24, 2.45) is 5.41 Å². The van der Waals surface area contributed by atoms with E-state index in [2.05, 4.69) is 69.6 Å². The predicted molar refractivity (Wildman–Crippen MR) is 98.2 cm³/mol. The Morgan fingerprint density at radius 1 is 1.19 bits per heavy atom. The van der Waals surface area contributed by atoms with Crippen LogP contribution in [0.4, 0.5) is 0 Å². The third-order valence-electron chi connectivity index (χ3n) is 3.93. The maximum atomic E-state index is 4.20. The number of thiol groups is 1. The van der Waals surface area contributed by atoms with Gasteiger partial charge >= 0.3 is 0 Å². The Bertz CT molecular complexity index is 420. The van der Waals surface area contributed by atoms with Gasteiger partial charge in [-0.1, -0.05) is 51.6 Å². The Morgan fingerprint density at radius 3 is 2.38 bits per heavy atom. The van der Waals surface area contributed by atoms with E-state index < -0.39 is 0 Å². The molecule has 0 saturated carbocycles. The van der Waals surface area contributed by atoms with Crippen molar-refractivity contribution in [1.29, 1.82) is 0 Å². The van der Waals surface area contributed by atoms with E-state index >= 15 is 0 Å². The highest BCUT2D eigenvalue weighted by Crippen LogP contribution is 2.28. The minimum Gasteiger partial charge on any atom is -0.388 e. The van der Waals surface area contributed by atoms with E-state index in [4.69, 9.17) is 0 Å². The standard InChI is InChI=1S/C19H31NS/c1-5-17-8-10-18(11-9-17)15-19(3,4)12-6-7-16(2)20-13-14-21/h8-11,20-21H,2,5-7,12-15H2,1,3-4H3. The van der Waals surface area contributed by atoms with Gasteiger partial charge in [-0.3, -0.25) is 0 Å². The largest absolute Gasteiger partial charge is 0.388 e. The molecule has 0 unspecified atom stereocenters. The average molecular weight is 306 g/mol. The van der Waals surface area contributed by atoms with Crippen LogP contribution in [0, 0.1) is 5.41 Å². The monoisotopic (exact) mass is 305 g/mol. The summed E-state index contributed by atoms with van der Waals surface area (Å²) in [6.45, 7) is 11.9. The maximum Gasteiger partial charge on any atom is 0.0232 e. The molecule has 1 rings (SSSR count). The van der Waals surface area contributed by atoms with Gasteiger partial charge in [0.25, 0.3) is 0 Å². The van der Waals surface area contributed by atoms with Crippen molar-refractivity contribution in [3.63, 3.8) is 0 Å². The molecule has 0 aliphatic rings. The van der Waals surface area contributed by atoms with E-state index in [-0.39, 0.29) is 0 Å². The number of nitrogens with one attached hydrogen (secondary N) is 1. The van der Waals surface area contributed by atoms with Crippen LogP contribution in [-0.4, -0.2) is 12.3 Å². The van der Waals surface area contributed by atoms with Crippen LogP contribution in [0.25, 0.3) is 0 Å². The Labute approximate surface area is 136 Å². The molecule has 0 spiro atoms. The van der Waals surface area contributed by atoms with Gasteiger partial charge in [-0.05, 0) is 48.6 Å². The number of benzene rings is 1. The zero-order valence-corrected chi connectivity index (χ0v) is 14.8. The molecule has 21 heavy (non-hydrogen) atoms. The number of allylic oxidation sites excluding steroid dienone is 1. The molecule has 0 bridgehead atoms. The maximum absolute atomic E-state index is 4.20. The molecule has 0 aromatic heterocycles. The fraction of sp³-hybridized carbons (Fsp3) is 0.579. The average Bonchev–Trinajstić information content (AvgIpc) is 2.45. The van der Waals surface area contributed by atoms with Crippen LogP contribution >= 0.6 is 12.6 Å². The molecule has 0 saturated heterocycles. The molecule has 0 heterocycles. The van der Waals surface area contributed by atoms with Crippen molar-refractivity contribution in [1.82, 2.24) is 5.32 Å². The van der Waals surface area contributed by atoms with Crippen molar-refractivity contribution in [2.75, 3.05) is 12.3 Å². The molecule has 1 aromatic rings. The van der Waals surface area contributed by atoms with E-state index in [1.165, 1.54) is 24.0 Å². The highest BCUT2D eigenvalue weighted by molar-refractivity contribution is 7.80. The fourth-order valence-corrected chi connectivity index (χ4v) is 2.75. The first-order chi connectivity index (χ1) is 9.96. The highest BCUT2D eigenvalue weighted by Gasteiger charge is 2.18. The van der Waals surface area contributed by atoms with Crippen LogP contribution in [0.15, 0.2) is 36.5 Å². The van der Waals surface area contributed by atoms with Crippen LogP contribution < -0.4 is 5.32 Å². The van der Waals surface area contributed by atoms with Gasteiger partial charge in [-0.2, -0.15) is 12.6 Å². The zero-order valence-electron chi connectivity index (χ0n) is 13.9. The summed E-state index contributed by atoms with van der Waals surface area (Å²) in [4.78, 5) is 0. The van der Waals surface area contributed by atoms with Crippen molar-refractivity contribution >= 4 is 12.6 Å². The van der Waals surface area contributed by atoms with Crippen molar-refractivity contribution < 1.29 is 0 Å². The molecule has 118 valence electrons. The van der Waals surface area contributed by atoms with Gasteiger partial charge in [-0.25, -0.2) is 0 Å². The van der Waals surface area contributed by atoms with E-state index in [0.29, 0.717) is 5.41 Å². The molecular weight excluding hydrogens is 274 g/mol. The lowest BCUT2D eigenvalue weighted by molar-refractivity contribution is 0.322. The Balaban J connectivity index is 2.36. The van der Waals surface area contributed by atoms with Crippen LogP contribution in [0.2, 0.25) is 0 Å². The second-order valence-corrected chi connectivity index (χ2v) is 7.07. The van der Waals surface area contributed by atoms with Gasteiger partial charge in [0.1, 0.15) is 0 Å². The van der Waals surface area contributed by atoms with Crippen LogP contribution in [-0.2, 0) is 12.8 Å². The number of rotatable bonds is 10. The lowest BCUT2D eigenvalue weighted by Crippen LogP contribution is -2.17. The van der Waals surface area contributed by atoms with Gasteiger partial charge in [0.2, 0.25) is 0 Å². The third kappa shape index (κ3) is 7.61. The first-order valence-corrected chi connectivity index (χ1v) is 8.70. The summed E-state index contributed by atoms with van der Waals surface area (Å²) in [5, 5.41) is 3.31. The predicted octanol–water partition coefficient (Wildman–Crippen LogP) is 5.02. The molecule has 0 radical (unpaired) electrons. The smallest absolute Gasteiger partial charge is 0.0232 e. The van der Waals surface area contributed by atoms with Gasteiger partial charge in [0.05, 0.1) is 0 Å². The molecule has 1 N–H and O–H groups in total. The molecule has 1 aromatic carbocycles. The third-order valence-corrected chi connectivity index (χ3v) is 4.16. The van der Waals surface area contributed by atoms with Crippen LogP contribution in [0.1, 0.15) is 51.2 Å². The summed E-state index contributed by atoms with van der Waals surface area (Å²) in [7, 11) is 0. The summed E-state index contributed by atoms with van der Waals surface area (Å²) in [6, 6.07) is 9.09. The van der Waals surface area contributed by atoms with Crippen LogP contribution in [0.5, 0.6) is 0 Å². The highest BCUT2D eigenvalue weighted by atomic mass is 32.1. The second kappa shape index (κ2) is 9.19. The lowest BCUT2D eigenvalue weighted by atomic mass is 9.81. The summed E-state index contributed by atoms with van der Waals surface area (Å²) >= 11 is 4.20. The molecule has 0 fully saturated rings. The van der Waals surface area contributed by atoms with E-state index in [0.717, 1.165) is 37.3 Å². The molecule has 0 amide bonds. The molecule has 2 heteroatoms. The first kappa shape index (κ1) is 18.2. The fourth-order valence-electron chi connectivity index (χ4n) is 2.64. The molecular formula is C19H31NS. The van der Waals surface area contributed by atoms with E-state index in [1.807, 2.05) is 0 Å². The normalized spacial score (nSPS) is 11.4. The van der Waals surface area contributed by atoms with Crippen molar-refractivity contribution in [3.8, 4) is 0 Å². The minimum absolute atomic E-state index is 0.345. The van der Waals surface area contributed by atoms with Gasteiger partial charge in [0, 0.05) is 18.0 Å². The van der Waals surface area contributed by atoms with Gasteiger partial charge < -0.3 is 5.32 Å². The Hall–Kier alpha value is -0.890. The second-order valence-electron chi connectivity index (χ2n) is 6.62. The molecule has 0 aliphatic carbocycles. The van der Waals surface area contributed by atoms with Crippen molar-refractivity contribution in [2.45, 2.75) is 52.9 Å². The van der Waals surface area contributed by atoms with Crippen LogP contribution in [0.3, 0.4) is 0 Å². The van der Waals surface area contributed by atoms with Gasteiger partial charge in [-0.15, -0.1) is 0 Å². The Morgan fingerprint density at radius 2 is 1.81 bits per heavy atom. The van der Waals surface area contributed by atoms with Gasteiger partial charge in [0.15, 0.2) is 0 Å². The quantitative estimate of drug-likeness (QED) is 0.578. The molecule has 0 aliphatic heterocycles. The summed E-state index contributed by atoms with van der Waals surface area (Å²) in [5.74, 6) is 0.859. The Kier molecular flexibility index (Phi) is 7.95. The summed E-state index contributed by atoms with van der Waals surface area (Å²) in [6.07, 6.45) is 5.74. The number of hydrogen-bond donors (Lipinski definition) is 2. The minimum atomic E-state index is 0.345. The summed E-state index contributed by atoms with van der Waals surface area (Å²) in [5.41, 5.74) is 4.36. The topological polar surface area (TPSA) is 12.0 Å². The van der Waals surface area contributed by atoms with E-state index in [9.17, 15) is 0 Å². The zero-order chi connectivity index (χ0) is 15.7. The van der Waals surface area contributed by atoms with E-state index in [1.54, 1.807) is 0 Å².